The predicted octanol–water partition coefficient (Wildman–Crippen LogP) is 8.94. The number of amides is 3. The number of aryl methyl sites for hydroxylation is 1. The van der Waals surface area contributed by atoms with Crippen molar-refractivity contribution in [1.29, 1.82) is 0 Å². The first-order chi connectivity index (χ1) is 24.0. The SMILES string of the molecule is CCCCOc1cc(C(=O)N2C3CCC2CC(Cc2cccc(NC(=O)Nc4cc(C(C)(C)C)nn4-c4ccc(C)cc4)c2)C3)ccc1OC. The van der Waals surface area contributed by atoms with Crippen LogP contribution in [0.4, 0.5) is 16.3 Å². The van der Waals surface area contributed by atoms with Crippen LogP contribution in [-0.2, 0) is 11.8 Å². The number of carbonyl (C=O) groups is 2. The molecule has 0 aliphatic carbocycles. The molecule has 0 radical (unpaired) electrons. The van der Waals surface area contributed by atoms with Gasteiger partial charge in [-0.1, -0.05) is 63.9 Å². The molecular formula is C41H51N5O4. The van der Waals surface area contributed by atoms with Crippen molar-refractivity contribution in [3.8, 4) is 17.2 Å². The molecule has 2 unspecified atom stereocenters. The number of carbonyl (C=O) groups excluding carboxylic acids is 2. The van der Waals surface area contributed by atoms with Crippen LogP contribution < -0.4 is 20.1 Å². The Morgan fingerprint density at radius 2 is 1.66 bits per heavy atom. The number of ether oxygens (including phenoxy) is 2. The molecule has 264 valence electrons. The van der Waals surface area contributed by atoms with Crippen molar-refractivity contribution in [1.82, 2.24) is 14.7 Å². The van der Waals surface area contributed by atoms with Crippen molar-refractivity contribution in [3.63, 3.8) is 0 Å². The van der Waals surface area contributed by atoms with Crippen LogP contribution in [0.3, 0.4) is 0 Å². The van der Waals surface area contributed by atoms with Crippen molar-refractivity contribution < 1.29 is 19.1 Å². The number of methoxy groups -OCH3 is 1. The third kappa shape index (κ3) is 7.98. The first kappa shape index (κ1) is 35.1. The van der Waals surface area contributed by atoms with E-state index in [2.05, 4.69) is 55.4 Å². The highest BCUT2D eigenvalue weighted by Crippen LogP contribution is 2.41. The van der Waals surface area contributed by atoms with Gasteiger partial charge in [0, 0.05) is 34.8 Å². The molecule has 0 spiro atoms. The highest BCUT2D eigenvalue weighted by Gasteiger charge is 2.43. The molecule has 2 atom stereocenters. The van der Waals surface area contributed by atoms with Crippen LogP contribution in [0.15, 0.2) is 72.8 Å². The summed E-state index contributed by atoms with van der Waals surface area (Å²) in [5.41, 5.74) is 5.33. The van der Waals surface area contributed by atoms with Gasteiger partial charge in [0.15, 0.2) is 11.5 Å². The average Bonchev–Trinajstić information content (AvgIpc) is 3.63. The quantitative estimate of drug-likeness (QED) is 0.155. The Morgan fingerprint density at radius 1 is 0.920 bits per heavy atom. The van der Waals surface area contributed by atoms with Crippen molar-refractivity contribution in [2.24, 2.45) is 5.92 Å². The number of nitrogens with zero attached hydrogens (tertiary/aromatic N) is 3. The number of hydrogen-bond acceptors (Lipinski definition) is 5. The summed E-state index contributed by atoms with van der Waals surface area (Å²) in [5.74, 6) is 2.43. The number of anilines is 2. The maximum Gasteiger partial charge on any atom is 0.324 e. The van der Waals surface area contributed by atoms with Crippen molar-refractivity contribution in [2.45, 2.75) is 97.1 Å². The van der Waals surface area contributed by atoms with Crippen molar-refractivity contribution >= 4 is 23.4 Å². The number of nitrogens with one attached hydrogen (secondary N) is 2. The minimum absolute atomic E-state index is 0.0782. The molecule has 3 amide bonds. The molecule has 1 aromatic heterocycles. The van der Waals surface area contributed by atoms with E-state index in [1.807, 2.05) is 67.6 Å². The lowest BCUT2D eigenvalue weighted by Crippen LogP contribution is -2.46. The van der Waals surface area contributed by atoms with Gasteiger partial charge in [-0.15, -0.1) is 0 Å². The molecule has 3 aromatic carbocycles. The maximum atomic E-state index is 13.8. The van der Waals surface area contributed by atoms with E-state index in [1.54, 1.807) is 11.8 Å². The minimum Gasteiger partial charge on any atom is -0.493 e. The molecular weight excluding hydrogens is 626 g/mol. The molecule has 3 heterocycles. The largest absolute Gasteiger partial charge is 0.493 e. The molecule has 4 aromatic rings. The van der Waals surface area contributed by atoms with Gasteiger partial charge in [-0.3, -0.25) is 10.1 Å². The van der Waals surface area contributed by atoms with Gasteiger partial charge in [-0.2, -0.15) is 5.10 Å². The fraction of sp³-hybridized carbons (Fsp3) is 0.439. The van der Waals surface area contributed by atoms with E-state index in [4.69, 9.17) is 14.6 Å². The van der Waals surface area contributed by atoms with Gasteiger partial charge in [0.2, 0.25) is 0 Å². The van der Waals surface area contributed by atoms with Gasteiger partial charge >= 0.3 is 6.03 Å². The zero-order valence-corrected chi connectivity index (χ0v) is 30.3. The van der Waals surface area contributed by atoms with Crippen LogP contribution in [0.5, 0.6) is 11.5 Å². The van der Waals surface area contributed by atoms with Crippen LogP contribution >= 0.6 is 0 Å². The summed E-state index contributed by atoms with van der Waals surface area (Å²) < 4.78 is 13.3. The first-order valence-electron chi connectivity index (χ1n) is 18.0. The molecule has 2 aliphatic rings. The zero-order chi connectivity index (χ0) is 35.4. The lowest BCUT2D eigenvalue weighted by atomic mass is 9.85. The molecule has 9 heteroatoms. The van der Waals surface area contributed by atoms with Gasteiger partial charge in [-0.25, -0.2) is 9.48 Å². The summed E-state index contributed by atoms with van der Waals surface area (Å²) in [4.78, 5) is 29.3. The molecule has 2 bridgehead atoms. The second kappa shape index (κ2) is 15.0. The number of hydrogen-bond donors (Lipinski definition) is 2. The van der Waals surface area contributed by atoms with Gasteiger partial charge in [-0.05, 0) is 99.4 Å². The molecule has 2 N–H and O–H groups in total. The molecule has 9 nitrogen and oxygen atoms in total. The van der Waals surface area contributed by atoms with E-state index < -0.39 is 0 Å². The Bertz CT molecular complexity index is 1790. The lowest BCUT2D eigenvalue weighted by Gasteiger charge is -2.39. The maximum absolute atomic E-state index is 13.8. The number of benzene rings is 3. The molecule has 50 heavy (non-hydrogen) atoms. The van der Waals surface area contributed by atoms with Gasteiger partial charge in [0.25, 0.3) is 5.91 Å². The highest BCUT2D eigenvalue weighted by atomic mass is 16.5. The average molecular weight is 678 g/mol. The van der Waals surface area contributed by atoms with Crippen LogP contribution in [0.25, 0.3) is 5.69 Å². The summed E-state index contributed by atoms with van der Waals surface area (Å²) in [5, 5.41) is 10.9. The second-order valence-corrected chi connectivity index (χ2v) is 14.9. The Balaban J connectivity index is 1.09. The fourth-order valence-electron chi connectivity index (χ4n) is 7.29. The summed E-state index contributed by atoms with van der Waals surface area (Å²) in [7, 11) is 1.63. The molecule has 2 aliphatic heterocycles. The van der Waals surface area contributed by atoms with Crippen LogP contribution in [0, 0.1) is 12.8 Å². The summed E-state index contributed by atoms with van der Waals surface area (Å²) in [6.45, 7) is 11.1. The zero-order valence-electron chi connectivity index (χ0n) is 30.3. The summed E-state index contributed by atoms with van der Waals surface area (Å²) in [6, 6.07) is 23.8. The lowest BCUT2D eigenvalue weighted by molar-refractivity contribution is 0.0524. The Kier molecular flexibility index (Phi) is 10.5. The number of piperidine rings is 1. The number of urea groups is 1. The molecule has 2 saturated heterocycles. The second-order valence-electron chi connectivity index (χ2n) is 14.9. The fourth-order valence-corrected chi connectivity index (χ4v) is 7.29. The Labute approximate surface area is 296 Å². The van der Waals surface area contributed by atoms with Gasteiger partial charge in [0.1, 0.15) is 5.82 Å². The van der Waals surface area contributed by atoms with E-state index in [1.165, 1.54) is 5.56 Å². The normalized spacial score (nSPS) is 18.5. The van der Waals surface area contributed by atoms with Gasteiger partial charge < -0.3 is 19.7 Å². The van der Waals surface area contributed by atoms with Crippen LogP contribution in [0.1, 0.15) is 93.4 Å². The first-order valence-corrected chi connectivity index (χ1v) is 18.0. The Hall–Kier alpha value is -4.79. The standard InChI is InChI=1S/C41H51N5O4/c1-7-8-20-50-36-25-30(14-19-35(36)49-6)39(47)45-33-17-18-34(45)24-29(23-33)21-28-10-9-11-31(22-28)42-40(48)43-38-26-37(41(3,4)5)44-46(38)32-15-12-27(2)13-16-32/h9-16,19,22,25-26,29,33-34H,7-8,17-18,20-21,23-24H2,1-6H3,(H2,42,43,48). The topological polar surface area (TPSA) is 97.7 Å². The van der Waals surface area contributed by atoms with Crippen molar-refractivity contribution in [3.05, 3.63) is 95.2 Å². The van der Waals surface area contributed by atoms with E-state index in [9.17, 15) is 9.59 Å². The number of aromatic nitrogens is 2. The van der Waals surface area contributed by atoms with E-state index in [0.717, 1.165) is 67.6 Å². The van der Waals surface area contributed by atoms with E-state index in [-0.39, 0.29) is 29.4 Å². The third-order valence-electron chi connectivity index (χ3n) is 9.94. The van der Waals surface area contributed by atoms with E-state index >= 15 is 0 Å². The highest BCUT2D eigenvalue weighted by molar-refractivity contribution is 5.99. The molecule has 2 fully saturated rings. The molecule has 0 saturated carbocycles. The van der Waals surface area contributed by atoms with Crippen molar-refractivity contribution in [2.75, 3.05) is 24.4 Å². The smallest absolute Gasteiger partial charge is 0.324 e. The van der Waals surface area contributed by atoms with Crippen LogP contribution in [-0.4, -0.2) is 52.4 Å². The predicted molar refractivity (Wildman–Crippen MR) is 199 cm³/mol. The number of fused-ring (bicyclic) bond motifs is 2. The Morgan fingerprint density at radius 3 is 2.34 bits per heavy atom. The molecule has 6 rings (SSSR count). The minimum atomic E-state index is -0.321. The third-order valence-corrected chi connectivity index (χ3v) is 9.94. The van der Waals surface area contributed by atoms with E-state index in [0.29, 0.717) is 35.4 Å². The summed E-state index contributed by atoms with van der Waals surface area (Å²) in [6.07, 6.45) is 6.88. The summed E-state index contributed by atoms with van der Waals surface area (Å²) >= 11 is 0. The number of unbranched alkanes of at least 4 members (excludes halogenated alkanes) is 1. The van der Waals surface area contributed by atoms with Gasteiger partial charge in [0.05, 0.1) is 25.1 Å². The number of rotatable bonds is 11. The van der Waals surface area contributed by atoms with Crippen LogP contribution in [0.2, 0.25) is 0 Å². The monoisotopic (exact) mass is 677 g/mol.